The van der Waals surface area contributed by atoms with Crippen LogP contribution in [-0.2, 0) is 32.6 Å². The Labute approximate surface area is 271 Å². The molecule has 45 heavy (non-hydrogen) atoms. The molecule has 0 spiro atoms. The first kappa shape index (κ1) is 33.7. The highest BCUT2D eigenvalue weighted by atomic mass is 35.5. The fourth-order valence-corrected chi connectivity index (χ4v) is 6.43. The van der Waals surface area contributed by atoms with Gasteiger partial charge in [0.2, 0.25) is 11.8 Å². The zero-order chi connectivity index (χ0) is 32.6. The van der Waals surface area contributed by atoms with Crippen molar-refractivity contribution < 1.29 is 18.0 Å². The predicted molar refractivity (Wildman–Crippen MR) is 181 cm³/mol. The molecule has 0 heterocycles. The Bertz CT molecular complexity index is 1700. The monoisotopic (exact) mass is 645 g/mol. The van der Waals surface area contributed by atoms with Crippen molar-refractivity contribution in [2.45, 2.75) is 51.6 Å². The zero-order valence-corrected chi connectivity index (χ0v) is 27.7. The summed E-state index contributed by atoms with van der Waals surface area (Å²) in [5.41, 5.74) is 3.92. The molecule has 0 aliphatic heterocycles. The van der Waals surface area contributed by atoms with Gasteiger partial charge < -0.3 is 10.2 Å². The molecular formula is C36H40ClN3O4S. The Balaban J connectivity index is 1.80. The summed E-state index contributed by atoms with van der Waals surface area (Å²) < 4.78 is 29.4. The van der Waals surface area contributed by atoms with Gasteiger partial charge in [-0.25, -0.2) is 8.42 Å². The smallest absolute Gasteiger partial charge is 0.264 e. The largest absolute Gasteiger partial charge is 0.354 e. The van der Waals surface area contributed by atoms with E-state index < -0.39 is 28.5 Å². The van der Waals surface area contributed by atoms with Crippen molar-refractivity contribution in [3.8, 4) is 0 Å². The van der Waals surface area contributed by atoms with E-state index in [2.05, 4.69) is 5.32 Å². The predicted octanol–water partition coefficient (Wildman–Crippen LogP) is 6.56. The molecule has 0 aliphatic carbocycles. The quantitative estimate of drug-likeness (QED) is 0.178. The summed E-state index contributed by atoms with van der Waals surface area (Å²) in [4.78, 5) is 29.8. The molecule has 9 heteroatoms. The summed E-state index contributed by atoms with van der Waals surface area (Å²) in [7, 11) is -4.20. The second kappa shape index (κ2) is 15.2. The van der Waals surface area contributed by atoms with Crippen LogP contribution in [0.15, 0.2) is 108 Å². The molecule has 4 aromatic carbocycles. The summed E-state index contributed by atoms with van der Waals surface area (Å²) >= 11 is 6.07. The summed E-state index contributed by atoms with van der Waals surface area (Å²) in [6.07, 6.45) is 0.261. The molecule has 0 fully saturated rings. The number of benzene rings is 4. The van der Waals surface area contributed by atoms with Crippen LogP contribution in [0.4, 0.5) is 5.69 Å². The summed E-state index contributed by atoms with van der Waals surface area (Å²) in [5, 5.41) is 3.40. The number of halogens is 1. The standard InChI is InChI=1S/C36H40ClN3O4S/c1-26(2)23-38-36(42)34(22-29-11-7-5-8-12-29)39(24-30-13-9-6-10-14-30)35(41)25-40(32-18-15-27(3)28(4)21-32)45(43,44)33-19-16-31(37)17-20-33/h5-21,26,34H,22-25H2,1-4H3,(H,38,42). The normalized spacial score (nSPS) is 12.0. The molecule has 0 aromatic heterocycles. The first-order valence-electron chi connectivity index (χ1n) is 15.0. The highest BCUT2D eigenvalue weighted by Gasteiger charge is 2.34. The van der Waals surface area contributed by atoms with Crippen LogP contribution in [0.3, 0.4) is 0 Å². The molecule has 236 valence electrons. The number of carbonyl (C=O) groups is 2. The number of aryl methyl sites for hydroxylation is 2. The highest BCUT2D eigenvalue weighted by Crippen LogP contribution is 2.27. The number of anilines is 1. The Hall–Kier alpha value is -4.14. The number of hydrogen-bond donors (Lipinski definition) is 1. The van der Waals surface area contributed by atoms with E-state index in [4.69, 9.17) is 11.6 Å². The molecular weight excluding hydrogens is 606 g/mol. The van der Waals surface area contributed by atoms with Gasteiger partial charge in [0.1, 0.15) is 12.6 Å². The number of hydrogen-bond acceptors (Lipinski definition) is 4. The number of nitrogens with one attached hydrogen (secondary N) is 1. The van der Waals surface area contributed by atoms with E-state index in [1.165, 1.54) is 29.2 Å². The molecule has 0 aliphatic rings. The van der Waals surface area contributed by atoms with E-state index in [0.29, 0.717) is 17.3 Å². The lowest BCUT2D eigenvalue weighted by Gasteiger charge is -2.34. The van der Waals surface area contributed by atoms with Crippen LogP contribution in [0.1, 0.15) is 36.1 Å². The van der Waals surface area contributed by atoms with Crippen molar-refractivity contribution in [2.24, 2.45) is 5.92 Å². The molecule has 0 saturated heterocycles. The van der Waals surface area contributed by atoms with Crippen molar-refractivity contribution in [1.29, 1.82) is 0 Å². The number of amides is 2. The minimum absolute atomic E-state index is 0.00282. The molecule has 0 bridgehead atoms. The van der Waals surface area contributed by atoms with Gasteiger partial charge in [-0.15, -0.1) is 0 Å². The van der Waals surface area contributed by atoms with Gasteiger partial charge in [0.05, 0.1) is 10.6 Å². The van der Waals surface area contributed by atoms with Crippen molar-refractivity contribution in [3.05, 3.63) is 130 Å². The van der Waals surface area contributed by atoms with Gasteiger partial charge in [-0.2, -0.15) is 0 Å². The summed E-state index contributed by atoms with van der Waals surface area (Å²) in [5.74, 6) is -0.597. The van der Waals surface area contributed by atoms with Gasteiger partial charge >= 0.3 is 0 Å². The Morgan fingerprint density at radius 3 is 1.98 bits per heavy atom. The summed E-state index contributed by atoms with van der Waals surface area (Å²) in [6.45, 7) is 7.89. The maximum atomic E-state index is 14.5. The van der Waals surface area contributed by atoms with Crippen molar-refractivity contribution in [1.82, 2.24) is 10.2 Å². The van der Waals surface area contributed by atoms with Crippen molar-refractivity contribution in [2.75, 3.05) is 17.4 Å². The van der Waals surface area contributed by atoms with Crippen molar-refractivity contribution in [3.63, 3.8) is 0 Å². The first-order chi connectivity index (χ1) is 21.5. The number of rotatable bonds is 13. The van der Waals surface area contributed by atoms with Gasteiger partial charge in [0.15, 0.2) is 0 Å². The molecule has 1 unspecified atom stereocenters. The van der Waals surface area contributed by atoms with Gasteiger partial charge in [0, 0.05) is 24.5 Å². The van der Waals surface area contributed by atoms with Crippen LogP contribution < -0.4 is 9.62 Å². The molecule has 4 rings (SSSR count). The van der Waals surface area contributed by atoms with E-state index in [9.17, 15) is 18.0 Å². The Morgan fingerprint density at radius 2 is 1.40 bits per heavy atom. The molecule has 2 amide bonds. The second-order valence-electron chi connectivity index (χ2n) is 11.6. The molecule has 1 N–H and O–H groups in total. The van der Waals surface area contributed by atoms with E-state index in [-0.39, 0.29) is 29.7 Å². The van der Waals surface area contributed by atoms with Gasteiger partial charge in [-0.1, -0.05) is 92.2 Å². The first-order valence-corrected chi connectivity index (χ1v) is 16.8. The van der Waals surface area contributed by atoms with Crippen molar-refractivity contribution >= 4 is 39.1 Å². The second-order valence-corrected chi connectivity index (χ2v) is 13.9. The van der Waals surface area contributed by atoms with Crippen LogP contribution in [0.5, 0.6) is 0 Å². The average Bonchev–Trinajstić information content (AvgIpc) is 3.02. The van der Waals surface area contributed by atoms with E-state index in [0.717, 1.165) is 26.6 Å². The molecule has 7 nitrogen and oxygen atoms in total. The van der Waals surface area contributed by atoms with Gasteiger partial charge in [-0.05, 0) is 78.4 Å². The number of sulfonamides is 1. The molecule has 0 saturated carbocycles. The van der Waals surface area contributed by atoms with Crippen LogP contribution in [0.25, 0.3) is 0 Å². The minimum Gasteiger partial charge on any atom is -0.354 e. The molecule has 4 aromatic rings. The third-order valence-corrected chi connectivity index (χ3v) is 9.65. The maximum Gasteiger partial charge on any atom is 0.264 e. The van der Waals surface area contributed by atoms with Crippen LogP contribution >= 0.6 is 11.6 Å². The van der Waals surface area contributed by atoms with Gasteiger partial charge in [-0.3, -0.25) is 13.9 Å². The van der Waals surface area contributed by atoms with E-state index >= 15 is 0 Å². The number of carbonyl (C=O) groups excluding carboxylic acids is 2. The zero-order valence-electron chi connectivity index (χ0n) is 26.1. The van der Waals surface area contributed by atoms with Crippen LogP contribution in [-0.4, -0.2) is 44.3 Å². The molecule has 1 atom stereocenters. The third kappa shape index (κ3) is 8.96. The average molecular weight is 646 g/mol. The minimum atomic E-state index is -4.20. The van der Waals surface area contributed by atoms with Crippen LogP contribution in [0, 0.1) is 19.8 Å². The van der Waals surface area contributed by atoms with Gasteiger partial charge in [0.25, 0.3) is 10.0 Å². The lowest BCUT2D eigenvalue weighted by molar-refractivity contribution is -0.140. The Kier molecular flexibility index (Phi) is 11.4. The fourth-order valence-electron chi connectivity index (χ4n) is 4.90. The SMILES string of the molecule is Cc1ccc(N(CC(=O)N(Cc2ccccc2)C(Cc2ccccc2)C(=O)NCC(C)C)S(=O)(=O)c2ccc(Cl)cc2)cc1C. The Morgan fingerprint density at radius 1 is 0.800 bits per heavy atom. The maximum absolute atomic E-state index is 14.5. The summed E-state index contributed by atoms with van der Waals surface area (Å²) in [6, 6.07) is 29.2. The third-order valence-electron chi connectivity index (χ3n) is 7.61. The van der Waals surface area contributed by atoms with Crippen LogP contribution in [0.2, 0.25) is 5.02 Å². The highest BCUT2D eigenvalue weighted by molar-refractivity contribution is 7.92. The van der Waals surface area contributed by atoms with E-state index in [1.54, 1.807) is 12.1 Å². The lowest BCUT2D eigenvalue weighted by Crippen LogP contribution is -2.53. The lowest BCUT2D eigenvalue weighted by atomic mass is 10.0. The topological polar surface area (TPSA) is 86.8 Å². The van der Waals surface area contributed by atoms with E-state index in [1.807, 2.05) is 94.4 Å². The number of nitrogens with zero attached hydrogens (tertiary/aromatic N) is 2. The molecule has 0 radical (unpaired) electrons. The fraction of sp³-hybridized carbons (Fsp3) is 0.278.